The summed E-state index contributed by atoms with van der Waals surface area (Å²) in [7, 11) is 0. The van der Waals surface area contributed by atoms with Crippen LogP contribution in [-0.4, -0.2) is 0 Å². The minimum atomic E-state index is -0.213. The Labute approximate surface area is 294 Å². The second-order valence-corrected chi connectivity index (χ2v) is 13.9. The van der Waals surface area contributed by atoms with E-state index in [4.69, 9.17) is 0 Å². The lowest BCUT2D eigenvalue weighted by molar-refractivity contribution is 0.660. The largest absolute Gasteiger partial charge is 0.310 e. The number of hydrogen-bond acceptors (Lipinski definition) is 2. The van der Waals surface area contributed by atoms with Gasteiger partial charge in [-0.15, -0.1) is 0 Å². The van der Waals surface area contributed by atoms with E-state index in [1.807, 2.05) is 0 Å². The van der Waals surface area contributed by atoms with Gasteiger partial charge in [0.25, 0.3) is 0 Å². The van der Waals surface area contributed by atoms with Crippen molar-refractivity contribution in [2.24, 2.45) is 0 Å². The third-order valence-electron chi connectivity index (χ3n) is 10.4. The SMILES string of the molecule is Cc1cccc(N(c2ccc3c(c2)C(C)(C)c2cc(N(c4ccccc4)c4cccc5ccccc45)ccc2-3)c2cccc3ccccc23)c1. The molecule has 0 aromatic heterocycles. The Bertz CT molecular complexity index is 2540. The first kappa shape index (κ1) is 30.0. The molecular weight excluding hydrogens is 605 g/mol. The van der Waals surface area contributed by atoms with Gasteiger partial charge in [0.15, 0.2) is 0 Å². The zero-order valence-electron chi connectivity index (χ0n) is 28.6. The van der Waals surface area contributed by atoms with E-state index in [-0.39, 0.29) is 5.41 Å². The molecule has 9 rings (SSSR count). The molecule has 0 N–H and O–H groups in total. The second-order valence-electron chi connectivity index (χ2n) is 13.9. The first-order valence-electron chi connectivity index (χ1n) is 17.4. The Balaban J connectivity index is 1.19. The zero-order valence-corrected chi connectivity index (χ0v) is 28.6. The molecule has 8 aromatic rings. The normalized spacial score (nSPS) is 12.9. The van der Waals surface area contributed by atoms with Crippen LogP contribution in [0.15, 0.2) is 176 Å². The van der Waals surface area contributed by atoms with Gasteiger partial charge in [-0.05, 0) is 106 Å². The van der Waals surface area contributed by atoms with Crippen molar-refractivity contribution in [1.29, 1.82) is 0 Å². The predicted molar refractivity (Wildman–Crippen MR) is 213 cm³/mol. The number of nitrogens with zero attached hydrogens (tertiary/aromatic N) is 2. The maximum Gasteiger partial charge on any atom is 0.0540 e. The molecule has 0 aliphatic heterocycles. The molecule has 0 unspecified atom stereocenters. The first-order chi connectivity index (χ1) is 24.5. The highest BCUT2D eigenvalue weighted by Gasteiger charge is 2.37. The van der Waals surface area contributed by atoms with Crippen molar-refractivity contribution in [3.63, 3.8) is 0 Å². The number of fused-ring (bicyclic) bond motifs is 5. The summed E-state index contributed by atoms with van der Waals surface area (Å²) in [5.41, 5.74) is 13.3. The van der Waals surface area contributed by atoms with Crippen LogP contribution in [0.4, 0.5) is 34.1 Å². The zero-order chi connectivity index (χ0) is 33.8. The number of para-hydroxylation sites is 1. The van der Waals surface area contributed by atoms with Crippen LogP contribution in [0.25, 0.3) is 32.7 Å². The number of benzene rings is 8. The molecule has 2 heteroatoms. The molecule has 0 bridgehead atoms. The number of rotatable bonds is 6. The number of anilines is 6. The molecule has 8 aromatic carbocycles. The van der Waals surface area contributed by atoms with Crippen molar-refractivity contribution in [3.05, 3.63) is 193 Å². The lowest BCUT2D eigenvalue weighted by Crippen LogP contribution is -2.18. The highest BCUT2D eigenvalue weighted by molar-refractivity contribution is 6.01. The molecule has 0 saturated heterocycles. The van der Waals surface area contributed by atoms with Crippen LogP contribution in [0.1, 0.15) is 30.5 Å². The van der Waals surface area contributed by atoms with Gasteiger partial charge in [0.05, 0.1) is 11.4 Å². The number of aryl methyl sites for hydroxylation is 1. The van der Waals surface area contributed by atoms with Gasteiger partial charge >= 0.3 is 0 Å². The van der Waals surface area contributed by atoms with Crippen molar-refractivity contribution in [2.45, 2.75) is 26.2 Å². The van der Waals surface area contributed by atoms with E-state index in [2.05, 4.69) is 206 Å². The van der Waals surface area contributed by atoms with Crippen molar-refractivity contribution >= 4 is 55.7 Å². The van der Waals surface area contributed by atoms with Gasteiger partial charge in [0.2, 0.25) is 0 Å². The molecule has 1 aliphatic rings. The fourth-order valence-electron chi connectivity index (χ4n) is 8.00. The highest BCUT2D eigenvalue weighted by Crippen LogP contribution is 2.53. The van der Waals surface area contributed by atoms with Gasteiger partial charge in [-0.2, -0.15) is 0 Å². The monoisotopic (exact) mass is 642 g/mol. The quantitative estimate of drug-likeness (QED) is 0.178. The van der Waals surface area contributed by atoms with Crippen LogP contribution in [0.2, 0.25) is 0 Å². The molecule has 0 radical (unpaired) electrons. The summed E-state index contributed by atoms with van der Waals surface area (Å²) in [6, 6.07) is 64.3. The molecule has 0 fully saturated rings. The molecule has 50 heavy (non-hydrogen) atoms. The van der Waals surface area contributed by atoms with Gasteiger partial charge in [-0.25, -0.2) is 0 Å². The molecule has 0 spiro atoms. The van der Waals surface area contributed by atoms with Crippen LogP contribution in [0.5, 0.6) is 0 Å². The van der Waals surface area contributed by atoms with Gasteiger partial charge in [-0.1, -0.05) is 129 Å². The molecular formula is C48H38N2. The van der Waals surface area contributed by atoms with Crippen LogP contribution < -0.4 is 9.80 Å². The Morgan fingerprint density at radius 3 is 1.38 bits per heavy atom. The maximum atomic E-state index is 2.43. The van der Waals surface area contributed by atoms with Crippen molar-refractivity contribution in [2.75, 3.05) is 9.80 Å². The Hall–Kier alpha value is -6.12. The second kappa shape index (κ2) is 11.8. The van der Waals surface area contributed by atoms with E-state index in [9.17, 15) is 0 Å². The molecule has 0 amide bonds. The first-order valence-corrected chi connectivity index (χ1v) is 17.4. The number of hydrogen-bond donors (Lipinski definition) is 0. The minimum Gasteiger partial charge on any atom is -0.310 e. The van der Waals surface area contributed by atoms with Gasteiger partial charge in [0.1, 0.15) is 0 Å². The predicted octanol–water partition coefficient (Wildman–Crippen LogP) is 13.5. The molecule has 240 valence electrons. The standard InChI is InChI=1S/C48H38N2/c1-33-14-11-21-37(30-33)50(47-25-13-18-35-16-8-10-23-41(35)47)39-27-29-43-42-28-26-38(31-44(42)48(2,3)45(43)32-39)49(36-19-5-4-6-20-36)46-24-12-17-34-15-7-9-22-40(34)46/h4-32H,1-3H3. The van der Waals surface area contributed by atoms with E-state index < -0.39 is 0 Å². The van der Waals surface area contributed by atoms with E-state index in [0.717, 1.165) is 22.7 Å². The minimum absolute atomic E-state index is 0.213. The Morgan fingerprint density at radius 2 is 0.820 bits per heavy atom. The van der Waals surface area contributed by atoms with Crippen molar-refractivity contribution < 1.29 is 0 Å². The average molecular weight is 643 g/mol. The summed E-state index contributed by atoms with van der Waals surface area (Å²) in [6.07, 6.45) is 0. The van der Waals surface area contributed by atoms with Crippen molar-refractivity contribution in [3.8, 4) is 11.1 Å². The van der Waals surface area contributed by atoms with Gasteiger partial charge < -0.3 is 9.80 Å². The van der Waals surface area contributed by atoms with Gasteiger partial charge in [-0.3, -0.25) is 0 Å². The fraction of sp³-hybridized carbons (Fsp3) is 0.0833. The van der Waals surface area contributed by atoms with Crippen LogP contribution >= 0.6 is 0 Å². The van der Waals surface area contributed by atoms with Crippen LogP contribution in [0.3, 0.4) is 0 Å². The summed E-state index contributed by atoms with van der Waals surface area (Å²) in [5.74, 6) is 0. The van der Waals surface area contributed by atoms with E-state index in [1.54, 1.807) is 0 Å². The Morgan fingerprint density at radius 1 is 0.380 bits per heavy atom. The summed E-state index contributed by atoms with van der Waals surface area (Å²) >= 11 is 0. The van der Waals surface area contributed by atoms with Crippen LogP contribution in [0, 0.1) is 6.92 Å². The molecule has 0 saturated carbocycles. The van der Waals surface area contributed by atoms with E-state index in [1.165, 1.54) is 60.7 Å². The smallest absolute Gasteiger partial charge is 0.0540 e. The summed E-state index contributed by atoms with van der Waals surface area (Å²) in [6.45, 7) is 6.93. The lowest BCUT2D eigenvalue weighted by Gasteiger charge is -2.30. The molecule has 1 aliphatic carbocycles. The third kappa shape index (κ3) is 4.87. The lowest BCUT2D eigenvalue weighted by atomic mass is 9.82. The average Bonchev–Trinajstić information content (AvgIpc) is 3.37. The van der Waals surface area contributed by atoms with E-state index >= 15 is 0 Å². The summed E-state index contributed by atoms with van der Waals surface area (Å²) in [4.78, 5) is 4.84. The van der Waals surface area contributed by atoms with Gasteiger partial charge in [0, 0.05) is 38.9 Å². The topological polar surface area (TPSA) is 6.48 Å². The molecule has 0 atom stereocenters. The molecule has 0 heterocycles. The summed E-state index contributed by atoms with van der Waals surface area (Å²) in [5, 5.41) is 4.94. The highest BCUT2D eigenvalue weighted by atomic mass is 15.1. The van der Waals surface area contributed by atoms with Crippen LogP contribution in [-0.2, 0) is 5.41 Å². The fourth-order valence-corrected chi connectivity index (χ4v) is 8.00. The molecule has 2 nitrogen and oxygen atoms in total. The van der Waals surface area contributed by atoms with Crippen molar-refractivity contribution in [1.82, 2.24) is 0 Å². The maximum absolute atomic E-state index is 2.43. The Kier molecular flexibility index (Phi) is 7.07. The van der Waals surface area contributed by atoms with E-state index in [0.29, 0.717) is 0 Å². The third-order valence-corrected chi connectivity index (χ3v) is 10.4. The summed E-state index contributed by atoms with van der Waals surface area (Å²) < 4.78 is 0.